The third kappa shape index (κ3) is 6.90. The number of carbonyl (C=O) groups excluding carboxylic acids is 1. The summed E-state index contributed by atoms with van der Waals surface area (Å²) in [5.41, 5.74) is 1.23. The number of halogens is 4. The van der Waals surface area contributed by atoms with E-state index in [-0.39, 0.29) is 18.1 Å². The number of esters is 1. The summed E-state index contributed by atoms with van der Waals surface area (Å²) in [6.45, 7) is 2.24. The maximum atomic E-state index is 14.4. The lowest BCUT2D eigenvalue weighted by Crippen LogP contribution is -2.29. The van der Waals surface area contributed by atoms with E-state index in [1.807, 2.05) is 6.92 Å². The standard InChI is InChI=1S/C24H23F4N3O3/c1-2-3-11-33-20-10-9-17(12-18(20)25)19-13-22(31-15-30-19)29-14-21(16-7-5-4-6-8-16)34-23(32)24(26,27)28/h4-10,12-13,15,21H,2-3,11,14H2,1H3,(H,29,30,31)/t21-/m0/s1. The highest BCUT2D eigenvalue weighted by molar-refractivity contribution is 5.76. The third-order valence-electron chi connectivity index (χ3n) is 4.77. The van der Waals surface area contributed by atoms with Gasteiger partial charge in [-0.15, -0.1) is 0 Å². The summed E-state index contributed by atoms with van der Waals surface area (Å²) in [7, 11) is 0. The summed E-state index contributed by atoms with van der Waals surface area (Å²) < 4.78 is 62.7. The summed E-state index contributed by atoms with van der Waals surface area (Å²) >= 11 is 0. The molecule has 1 heterocycles. The van der Waals surface area contributed by atoms with Crippen LogP contribution in [0.4, 0.5) is 23.4 Å². The SMILES string of the molecule is CCCCOc1ccc(-c2cc(NC[C@H](OC(=O)C(F)(F)F)c3ccccc3)ncn2)cc1F. The van der Waals surface area contributed by atoms with E-state index in [1.54, 1.807) is 36.4 Å². The normalized spacial score (nSPS) is 12.1. The topological polar surface area (TPSA) is 73.3 Å². The zero-order valence-corrected chi connectivity index (χ0v) is 18.3. The Morgan fingerprint density at radius 2 is 1.85 bits per heavy atom. The van der Waals surface area contributed by atoms with Crippen LogP contribution in [0.1, 0.15) is 31.4 Å². The molecule has 3 rings (SSSR count). The fourth-order valence-corrected chi connectivity index (χ4v) is 3.00. The van der Waals surface area contributed by atoms with Crippen molar-refractivity contribution in [3.05, 3.63) is 72.3 Å². The van der Waals surface area contributed by atoms with Crippen LogP contribution >= 0.6 is 0 Å². The van der Waals surface area contributed by atoms with E-state index in [1.165, 1.54) is 24.5 Å². The average Bonchev–Trinajstić information content (AvgIpc) is 2.83. The van der Waals surface area contributed by atoms with Gasteiger partial charge in [-0.25, -0.2) is 19.2 Å². The number of benzene rings is 2. The highest BCUT2D eigenvalue weighted by Gasteiger charge is 2.42. The quantitative estimate of drug-likeness (QED) is 0.229. The van der Waals surface area contributed by atoms with Crippen molar-refractivity contribution in [2.24, 2.45) is 0 Å². The maximum Gasteiger partial charge on any atom is 0.490 e. The Morgan fingerprint density at radius 1 is 1.09 bits per heavy atom. The van der Waals surface area contributed by atoms with Crippen LogP contribution in [0.25, 0.3) is 11.3 Å². The molecule has 1 N–H and O–H groups in total. The Labute approximate surface area is 194 Å². The maximum absolute atomic E-state index is 14.4. The van der Waals surface area contributed by atoms with Crippen LogP contribution in [0.15, 0.2) is 60.9 Å². The molecule has 1 atom stereocenters. The van der Waals surface area contributed by atoms with Gasteiger partial charge in [0.1, 0.15) is 18.2 Å². The number of alkyl halides is 3. The zero-order chi connectivity index (χ0) is 24.6. The number of nitrogens with zero attached hydrogens (tertiary/aromatic N) is 2. The number of rotatable bonds is 10. The van der Waals surface area contributed by atoms with Crippen molar-refractivity contribution >= 4 is 11.8 Å². The van der Waals surface area contributed by atoms with Crippen molar-refractivity contribution in [2.45, 2.75) is 32.0 Å². The number of anilines is 1. The van der Waals surface area contributed by atoms with Crippen LogP contribution in [-0.2, 0) is 9.53 Å². The van der Waals surface area contributed by atoms with Gasteiger partial charge in [-0.05, 0) is 30.2 Å². The van der Waals surface area contributed by atoms with Crippen molar-refractivity contribution in [3.63, 3.8) is 0 Å². The molecule has 0 amide bonds. The van der Waals surface area contributed by atoms with Crippen LogP contribution in [0.2, 0.25) is 0 Å². The molecule has 0 aliphatic carbocycles. The number of ether oxygens (including phenoxy) is 2. The second-order valence-corrected chi connectivity index (χ2v) is 7.32. The van der Waals surface area contributed by atoms with E-state index >= 15 is 0 Å². The molecule has 180 valence electrons. The molecule has 6 nitrogen and oxygen atoms in total. The Kier molecular flexibility index (Phi) is 8.39. The molecule has 2 aromatic carbocycles. The first-order valence-electron chi connectivity index (χ1n) is 10.6. The molecular weight excluding hydrogens is 454 g/mol. The van der Waals surface area contributed by atoms with E-state index in [0.717, 1.165) is 12.8 Å². The van der Waals surface area contributed by atoms with Crippen LogP contribution in [-0.4, -0.2) is 35.3 Å². The number of carbonyl (C=O) groups is 1. The summed E-state index contributed by atoms with van der Waals surface area (Å²) in [4.78, 5) is 19.6. The average molecular weight is 477 g/mol. The molecule has 0 radical (unpaired) electrons. The van der Waals surface area contributed by atoms with Gasteiger partial charge in [0.15, 0.2) is 11.6 Å². The highest BCUT2D eigenvalue weighted by atomic mass is 19.4. The van der Waals surface area contributed by atoms with Crippen LogP contribution in [0, 0.1) is 5.82 Å². The van der Waals surface area contributed by atoms with Crippen molar-refractivity contribution in [3.8, 4) is 17.0 Å². The molecular formula is C24H23F4N3O3. The van der Waals surface area contributed by atoms with Crippen molar-refractivity contribution in [2.75, 3.05) is 18.5 Å². The molecule has 0 saturated heterocycles. The van der Waals surface area contributed by atoms with Crippen molar-refractivity contribution in [1.29, 1.82) is 0 Å². The van der Waals surface area contributed by atoms with Gasteiger partial charge < -0.3 is 14.8 Å². The minimum Gasteiger partial charge on any atom is -0.491 e. The number of nitrogens with one attached hydrogen (secondary N) is 1. The number of hydrogen-bond donors (Lipinski definition) is 1. The van der Waals surface area contributed by atoms with E-state index in [9.17, 15) is 22.4 Å². The van der Waals surface area contributed by atoms with Crippen LogP contribution in [0.5, 0.6) is 5.75 Å². The third-order valence-corrected chi connectivity index (χ3v) is 4.77. The molecule has 10 heteroatoms. The Bertz CT molecular complexity index is 1090. The first-order chi connectivity index (χ1) is 16.3. The fourth-order valence-electron chi connectivity index (χ4n) is 3.00. The molecule has 0 saturated carbocycles. The first-order valence-corrected chi connectivity index (χ1v) is 10.6. The predicted molar refractivity (Wildman–Crippen MR) is 118 cm³/mol. The Hall–Kier alpha value is -3.69. The minimum atomic E-state index is -5.12. The molecule has 1 aromatic heterocycles. The molecule has 34 heavy (non-hydrogen) atoms. The number of aromatic nitrogens is 2. The largest absolute Gasteiger partial charge is 0.491 e. The van der Waals surface area contributed by atoms with E-state index in [0.29, 0.717) is 23.4 Å². The monoisotopic (exact) mass is 477 g/mol. The lowest BCUT2D eigenvalue weighted by molar-refractivity contribution is -0.204. The Morgan fingerprint density at radius 3 is 2.53 bits per heavy atom. The van der Waals surface area contributed by atoms with E-state index in [2.05, 4.69) is 20.0 Å². The molecule has 0 fully saturated rings. The van der Waals surface area contributed by atoms with Crippen molar-refractivity contribution < 1.29 is 31.8 Å². The molecule has 0 bridgehead atoms. The molecule has 3 aromatic rings. The van der Waals surface area contributed by atoms with Gasteiger partial charge in [-0.1, -0.05) is 43.7 Å². The fraction of sp³-hybridized carbons (Fsp3) is 0.292. The molecule has 0 unspecified atom stereocenters. The Balaban J connectivity index is 1.73. The zero-order valence-electron chi connectivity index (χ0n) is 18.3. The molecule has 0 aliphatic rings. The van der Waals surface area contributed by atoms with Gasteiger partial charge in [0, 0.05) is 11.6 Å². The van der Waals surface area contributed by atoms with Crippen LogP contribution in [0.3, 0.4) is 0 Å². The molecule has 0 aliphatic heterocycles. The van der Waals surface area contributed by atoms with Crippen molar-refractivity contribution in [1.82, 2.24) is 9.97 Å². The smallest absolute Gasteiger partial charge is 0.490 e. The van der Waals surface area contributed by atoms with Gasteiger partial charge in [-0.2, -0.15) is 13.2 Å². The van der Waals surface area contributed by atoms with E-state index < -0.39 is 24.1 Å². The van der Waals surface area contributed by atoms with Gasteiger partial charge in [0.2, 0.25) is 0 Å². The summed E-state index contributed by atoms with van der Waals surface area (Å²) in [5.74, 6) is -2.42. The van der Waals surface area contributed by atoms with Crippen LogP contribution < -0.4 is 10.1 Å². The lowest BCUT2D eigenvalue weighted by Gasteiger charge is -2.20. The summed E-state index contributed by atoms with van der Waals surface area (Å²) in [5, 5.41) is 2.86. The summed E-state index contributed by atoms with van der Waals surface area (Å²) in [6, 6.07) is 14.0. The molecule has 0 spiro atoms. The van der Waals surface area contributed by atoms with Gasteiger partial charge in [0.05, 0.1) is 18.8 Å². The first kappa shape index (κ1) is 24.9. The van der Waals surface area contributed by atoms with Gasteiger partial charge in [-0.3, -0.25) is 0 Å². The predicted octanol–water partition coefficient (Wildman–Crippen LogP) is 5.72. The number of unbranched alkanes of at least 4 members (excludes halogenated alkanes) is 1. The number of hydrogen-bond acceptors (Lipinski definition) is 6. The second kappa shape index (κ2) is 11.4. The van der Waals surface area contributed by atoms with Gasteiger partial charge in [0.25, 0.3) is 0 Å². The minimum absolute atomic E-state index is 0.141. The van der Waals surface area contributed by atoms with E-state index in [4.69, 9.17) is 4.74 Å². The second-order valence-electron chi connectivity index (χ2n) is 7.32. The highest BCUT2D eigenvalue weighted by Crippen LogP contribution is 2.27. The van der Waals surface area contributed by atoms with Gasteiger partial charge >= 0.3 is 12.1 Å². The summed E-state index contributed by atoms with van der Waals surface area (Å²) in [6.07, 6.45) is -3.36. The lowest BCUT2D eigenvalue weighted by atomic mass is 10.1.